The van der Waals surface area contributed by atoms with Crippen LogP contribution < -0.4 is 5.32 Å². The number of piperidine rings is 1. The van der Waals surface area contributed by atoms with E-state index in [0.29, 0.717) is 29.9 Å². The van der Waals surface area contributed by atoms with E-state index in [1.165, 1.54) is 0 Å². The first kappa shape index (κ1) is 14.8. The minimum Gasteiger partial charge on any atom is -0.440 e. The van der Waals surface area contributed by atoms with E-state index < -0.39 is 0 Å². The van der Waals surface area contributed by atoms with Crippen molar-refractivity contribution in [1.82, 2.24) is 25.0 Å². The van der Waals surface area contributed by atoms with Gasteiger partial charge >= 0.3 is 0 Å². The van der Waals surface area contributed by atoms with Crippen LogP contribution in [0, 0.1) is 6.92 Å². The van der Waals surface area contributed by atoms with E-state index in [1.807, 2.05) is 25.2 Å². The second-order valence-corrected chi connectivity index (χ2v) is 5.71. The monoisotopic (exact) mass is 303 g/mol. The van der Waals surface area contributed by atoms with Crippen LogP contribution >= 0.6 is 0 Å². The zero-order chi connectivity index (χ0) is 15.7. The molecule has 22 heavy (non-hydrogen) atoms. The minimum atomic E-state index is -0.0589. The third-order valence-electron chi connectivity index (χ3n) is 4.07. The van der Waals surface area contributed by atoms with Crippen molar-refractivity contribution in [3.8, 4) is 11.5 Å². The first-order valence-corrected chi connectivity index (χ1v) is 7.51. The van der Waals surface area contributed by atoms with Crippen molar-refractivity contribution in [2.24, 2.45) is 7.05 Å². The molecule has 2 aromatic rings. The van der Waals surface area contributed by atoms with Crippen molar-refractivity contribution in [2.75, 3.05) is 20.1 Å². The molecular weight excluding hydrogens is 282 g/mol. The summed E-state index contributed by atoms with van der Waals surface area (Å²) in [6, 6.07) is 0.350. The Hall–Kier alpha value is -2.15. The molecule has 1 aliphatic rings. The van der Waals surface area contributed by atoms with Gasteiger partial charge < -0.3 is 14.6 Å². The van der Waals surface area contributed by atoms with Crippen molar-refractivity contribution in [3.05, 3.63) is 23.8 Å². The highest BCUT2D eigenvalue weighted by atomic mass is 16.4. The van der Waals surface area contributed by atoms with Gasteiger partial charge in [0.15, 0.2) is 5.69 Å². The summed E-state index contributed by atoms with van der Waals surface area (Å²) >= 11 is 0. The van der Waals surface area contributed by atoms with Crippen LogP contribution in [0.2, 0.25) is 0 Å². The van der Waals surface area contributed by atoms with Crippen molar-refractivity contribution in [2.45, 2.75) is 25.8 Å². The zero-order valence-electron chi connectivity index (χ0n) is 13.2. The van der Waals surface area contributed by atoms with E-state index >= 15 is 0 Å². The molecule has 0 bridgehead atoms. The van der Waals surface area contributed by atoms with Crippen molar-refractivity contribution >= 4 is 5.91 Å². The van der Waals surface area contributed by atoms with Crippen LogP contribution in [0.15, 0.2) is 16.8 Å². The molecule has 7 nitrogen and oxygen atoms in total. The van der Waals surface area contributed by atoms with E-state index in [0.717, 1.165) is 24.9 Å². The highest BCUT2D eigenvalue weighted by Crippen LogP contribution is 2.23. The van der Waals surface area contributed by atoms with Crippen LogP contribution in [-0.4, -0.2) is 51.8 Å². The number of oxazole rings is 1. The lowest BCUT2D eigenvalue weighted by Crippen LogP contribution is -2.47. The maximum atomic E-state index is 12.7. The second kappa shape index (κ2) is 5.92. The Labute approximate surface area is 129 Å². The number of aryl methyl sites for hydroxylation is 2. The van der Waals surface area contributed by atoms with E-state index in [-0.39, 0.29) is 5.91 Å². The van der Waals surface area contributed by atoms with Gasteiger partial charge in [-0.2, -0.15) is 5.10 Å². The van der Waals surface area contributed by atoms with Gasteiger partial charge in [-0.1, -0.05) is 0 Å². The Balaban J connectivity index is 1.82. The molecule has 1 saturated heterocycles. The van der Waals surface area contributed by atoms with Gasteiger partial charge in [-0.15, -0.1) is 0 Å². The van der Waals surface area contributed by atoms with Gasteiger partial charge in [0.2, 0.25) is 5.89 Å². The Morgan fingerprint density at radius 2 is 2.32 bits per heavy atom. The average Bonchev–Trinajstić information content (AvgIpc) is 3.12. The van der Waals surface area contributed by atoms with Gasteiger partial charge in [-0.3, -0.25) is 9.48 Å². The number of rotatable bonds is 3. The lowest BCUT2D eigenvalue weighted by molar-refractivity contribution is 0.0691. The lowest BCUT2D eigenvalue weighted by atomic mass is 10.1. The topological polar surface area (TPSA) is 76.2 Å². The summed E-state index contributed by atoms with van der Waals surface area (Å²) in [5, 5.41) is 7.34. The summed E-state index contributed by atoms with van der Waals surface area (Å²) < 4.78 is 7.33. The Kier molecular flexibility index (Phi) is 3.98. The van der Waals surface area contributed by atoms with E-state index in [4.69, 9.17) is 4.42 Å². The van der Waals surface area contributed by atoms with Crippen LogP contribution in [0.25, 0.3) is 11.5 Å². The SMILES string of the molecule is CNC1CCCN(C(=O)c2nc(-c3cnn(C)c3)oc2C)C1. The number of aromatic nitrogens is 3. The van der Waals surface area contributed by atoms with Crippen LogP contribution in [-0.2, 0) is 7.05 Å². The number of nitrogens with one attached hydrogen (secondary N) is 1. The molecule has 0 saturated carbocycles. The highest BCUT2D eigenvalue weighted by Gasteiger charge is 2.27. The Bertz CT molecular complexity index is 675. The van der Waals surface area contributed by atoms with Crippen LogP contribution in [0.3, 0.4) is 0 Å². The molecule has 1 unspecified atom stereocenters. The third-order valence-corrected chi connectivity index (χ3v) is 4.07. The van der Waals surface area contributed by atoms with Crippen molar-refractivity contribution in [3.63, 3.8) is 0 Å². The largest absolute Gasteiger partial charge is 0.440 e. The number of hydrogen-bond donors (Lipinski definition) is 1. The summed E-state index contributed by atoms with van der Waals surface area (Å²) in [6.45, 7) is 3.26. The molecule has 0 aliphatic carbocycles. The Morgan fingerprint density at radius 1 is 1.50 bits per heavy atom. The summed E-state index contributed by atoms with van der Waals surface area (Å²) in [5.74, 6) is 0.933. The highest BCUT2D eigenvalue weighted by molar-refractivity contribution is 5.93. The second-order valence-electron chi connectivity index (χ2n) is 5.71. The summed E-state index contributed by atoms with van der Waals surface area (Å²) in [6.07, 6.45) is 5.59. The Morgan fingerprint density at radius 3 is 3.00 bits per heavy atom. The number of carbonyl (C=O) groups excluding carboxylic acids is 1. The van der Waals surface area contributed by atoms with E-state index in [1.54, 1.807) is 17.8 Å². The third kappa shape index (κ3) is 2.76. The molecule has 1 atom stereocenters. The van der Waals surface area contributed by atoms with Gasteiger partial charge in [0.25, 0.3) is 5.91 Å². The normalized spacial score (nSPS) is 18.7. The van der Waals surface area contributed by atoms with Crippen LogP contribution in [0.5, 0.6) is 0 Å². The molecule has 1 N–H and O–H groups in total. The fourth-order valence-electron chi connectivity index (χ4n) is 2.80. The predicted molar refractivity (Wildman–Crippen MR) is 81.4 cm³/mol. The summed E-state index contributed by atoms with van der Waals surface area (Å²) in [7, 11) is 3.76. The number of hydrogen-bond acceptors (Lipinski definition) is 5. The van der Waals surface area contributed by atoms with Crippen LogP contribution in [0.1, 0.15) is 29.1 Å². The fourth-order valence-corrected chi connectivity index (χ4v) is 2.80. The molecule has 2 aromatic heterocycles. The van der Waals surface area contributed by atoms with E-state index in [9.17, 15) is 4.79 Å². The standard InChI is InChI=1S/C15H21N5O2/c1-10-13(15(21)20-6-4-5-12(9-20)16-2)18-14(22-10)11-7-17-19(3)8-11/h7-8,12,16H,4-6,9H2,1-3H3. The average molecular weight is 303 g/mol. The molecular formula is C15H21N5O2. The minimum absolute atomic E-state index is 0.0589. The molecule has 0 aromatic carbocycles. The van der Waals surface area contributed by atoms with Crippen LogP contribution in [0.4, 0.5) is 0 Å². The molecule has 1 fully saturated rings. The smallest absolute Gasteiger partial charge is 0.276 e. The molecule has 0 spiro atoms. The first-order valence-electron chi connectivity index (χ1n) is 7.51. The number of nitrogens with zero attached hydrogens (tertiary/aromatic N) is 4. The number of amides is 1. The maximum Gasteiger partial charge on any atom is 0.276 e. The first-order chi connectivity index (χ1) is 10.6. The maximum absolute atomic E-state index is 12.7. The number of likely N-dealkylation sites (N-methyl/N-ethyl adjacent to an activating group) is 1. The van der Waals surface area contributed by atoms with Crippen molar-refractivity contribution < 1.29 is 9.21 Å². The van der Waals surface area contributed by atoms with Gasteiger partial charge in [-0.05, 0) is 26.8 Å². The summed E-state index contributed by atoms with van der Waals surface area (Å²) in [5.41, 5.74) is 1.17. The molecule has 0 radical (unpaired) electrons. The molecule has 1 amide bonds. The lowest BCUT2D eigenvalue weighted by Gasteiger charge is -2.32. The van der Waals surface area contributed by atoms with Gasteiger partial charge in [0.05, 0.1) is 11.8 Å². The van der Waals surface area contributed by atoms with E-state index in [2.05, 4.69) is 15.4 Å². The molecule has 3 rings (SSSR count). The molecule has 1 aliphatic heterocycles. The zero-order valence-corrected chi connectivity index (χ0v) is 13.2. The summed E-state index contributed by atoms with van der Waals surface area (Å²) in [4.78, 5) is 18.9. The van der Waals surface area contributed by atoms with Gasteiger partial charge in [0, 0.05) is 32.4 Å². The van der Waals surface area contributed by atoms with Gasteiger partial charge in [-0.25, -0.2) is 4.98 Å². The number of likely N-dealkylation sites (tertiary alicyclic amines) is 1. The van der Waals surface area contributed by atoms with Crippen molar-refractivity contribution in [1.29, 1.82) is 0 Å². The fraction of sp³-hybridized carbons (Fsp3) is 0.533. The van der Waals surface area contributed by atoms with Gasteiger partial charge in [0.1, 0.15) is 5.76 Å². The molecule has 7 heteroatoms. The quantitative estimate of drug-likeness (QED) is 0.922. The molecule has 118 valence electrons. The predicted octanol–water partition coefficient (Wildman–Crippen LogP) is 1.21. The number of carbonyl (C=O) groups is 1. The molecule has 3 heterocycles.